The largest absolute Gasteiger partial charge is 0.439 e. The number of fused-ring (bicyclic) bond motifs is 1. The van der Waals surface area contributed by atoms with Crippen LogP contribution in [-0.4, -0.2) is 30.8 Å². The van der Waals surface area contributed by atoms with Crippen LogP contribution in [0.4, 0.5) is 5.82 Å². The first-order chi connectivity index (χ1) is 13.7. The van der Waals surface area contributed by atoms with Gasteiger partial charge in [-0.15, -0.1) is 0 Å². The van der Waals surface area contributed by atoms with Crippen LogP contribution in [0.25, 0.3) is 22.3 Å². The molecule has 5 rings (SSSR count). The summed E-state index contributed by atoms with van der Waals surface area (Å²) in [5.74, 6) is 1.64. The van der Waals surface area contributed by atoms with Crippen molar-refractivity contribution in [2.24, 2.45) is 5.73 Å². The van der Waals surface area contributed by atoms with E-state index in [1.54, 1.807) is 6.20 Å². The minimum atomic E-state index is 0.211. The minimum absolute atomic E-state index is 0.211. The van der Waals surface area contributed by atoms with Crippen LogP contribution >= 0.6 is 0 Å². The first-order valence-electron chi connectivity index (χ1n) is 9.12. The van der Waals surface area contributed by atoms with Gasteiger partial charge >= 0.3 is 0 Å². The first-order valence-corrected chi connectivity index (χ1v) is 9.12. The van der Waals surface area contributed by atoms with E-state index in [2.05, 4.69) is 15.0 Å². The molecule has 1 aromatic carbocycles. The van der Waals surface area contributed by atoms with Gasteiger partial charge in [-0.05, 0) is 31.0 Å². The number of para-hydroxylation sites is 1. The average Bonchev–Trinajstić information content (AvgIpc) is 3.07. The summed E-state index contributed by atoms with van der Waals surface area (Å²) in [5.41, 5.74) is 14.4. The number of pyridine rings is 1. The molecule has 4 aromatic rings. The van der Waals surface area contributed by atoms with Crippen molar-refractivity contribution in [2.45, 2.75) is 24.9 Å². The monoisotopic (exact) mass is 373 g/mol. The highest BCUT2D eigenvalue weighted by Crippen LogP contribution is 2.37. The summed E-state index contributed by atoms with van der Waals surface area (Å²) in [6, 6.07) is 13.7. The number of nitrogens with two attached hydrogens (primary N) is 2. The van der Waals surface area contributed by atoms with Crippen molar-refractivity contribution in [3.8, 4) is 22.9 Å². The van der Waals surface area contributed by atoms with Crippen LogP contribution in [0.15, 0.2) is 55.0 Å². The van der Waals surface area contributed by atoms with E-state index in [-0.39, 0.29) is 12.1 Å². The van der Waals surface area contributed by atoms with Crippen molar-refractivity contribution in [1.29, 1.82) is 0 Å². The van der Waals surface area contributed by atoms with E-state index < -0.39 is 0 Å². The quantitative estimate of drug-likeness (QED) is 0.564. The van der Waals surface area contributed by atoms with Crippen LogP contribution in [0.5, 0.6) is 11.6 Å². The lowest BCUT2D eigenvalue weighted by molar-refractivity contribution is 0.253. The molecule has 0 bridgehead atoms. The van der Waals surface area contributed by atoms with Gasteiger partial charge in [0, 0.05) is 23.9 Å². The highest BCUT2D eigenvalue weighted by molar-refractivity contribution is 5.98. The van der Waals surface area contributed by atoms with Gasteiger partial charge in [-0.2, -0.15) is 5.10 Å². The predicted molar refractivity (Wildman–Crippen MR) is 106 cm³/mol. The fraction of sp³-hybridized carbons (Fsp3) is 0.200. The molecular weight excluding hydrogens is 354 g/mol. The van der Waals surface area contributed by atoms with Crippen LogP contribution in [0.3, 0.4) is 0 Å². The zero-order valence-corrected chi connectivity index (χ0v) is 15.1. The number of aromatic nitrogens is 5. The van der Waals surface area contributed by atoms with Gasteiger partial charge in [0.2, 0.25) is 5.88 Å². The molecule has 0 amide bonds. The summed E-state index contributed by atoms with van der Waals surface area (Å²) < 4.78 is 7.68. The first kappa shape index (κ1) is 16.6. The maximum atomic E-state index is 6.15. The molecule has 0 atom stereocenters. The molecule has 1 aliphatic rings. The third-order valence-electron chi connectivity index (χ3n) is 4.99. The molecule has 3 heterocycles. The number of hydrogen-bond acceptors (Lipinski definition) is 7. The van der Waals surface area contributed by atoms with E-state index in [1.165, 1.54) is 6.33 Å². The lowest BCUT2D eigenvalue weighted by atomic mass is 9.88. The van der Waals surface area contributed by atoms with E-state index >= 15 is 0 Å². The van der Waals surface area contributed by atoms with Crippen molar-refractivity contribution in [1.82, 2.24) is 24.7 Å². The molecule has 28 heavy (non-hydrogen) atoms. The van der Waals surface area contributed by atoms with Crippen LogP contribution in [0, 0.1) is 0 Å². The molecular formula is C20H19N7O. The third-order valence-corrected chi connectivity index (χ3v) is 4.99. The maximum Gasteiger partial charge on any atom is 0.219 e. The van der Waals surface area contributed by atoms with Crippen LogP contribution < -0.4 is 16.2 Å². The van der Waals surface area contributed by atoms with E-state index in [1.807, 2.05) is 47.1 Å². The molecule has 1 saturated carbocycles. The Hall–Kier alpha value is -3.52. The highest BCUT2D eigenvalue weighted by atomic mass is 16.5. The number of nitrogens with zero attached hydrogens (tertiary/aromatic N) is 5. The van der Waals surface area contributed by atoms with Crippen LogP contribution in [-0.2, 0) is 0 Å². The van der Waals surface area contributed by atoms with Crippen molar-refractivity contribution in [3.05, 3.63) is 55.0 Å². The Balaban J connectivity index is 1.52. The number of benzene rings is 1. The predicted octanol–water partition coefficient (Wildman–Crippen LogP) is 2.92. The lowest BCUT2D eigenvalue weighted by Crippen LogP contribution is -2.38. The lowest BCUT2D eigenvalue weighted by Gasteiger charge is -2.32. The van der Waals surface area contributed by atoms with E-state index in [0.29, 0.717) is 17.4 Å². The zero-order chi connectivity index (χ0) is 19.1. The molecule has 8 heteroatoms. The van der Waals surface area contributed by atoms with Crippen LogP contribution in [0.2, 0.25) is 0 Å². The molecule has 1 fully saturated rings. The fourth-order valence-corrected chi connectivity index (χ4v) is 3.47. The standard InChI is InChI=1S/C20H19N7O/c21-13-8-14(9-13)27-20-17(19(22)24-11-25-20)18(26-27)12-6-7-16(23-10-12)28-15-4-2-1-3-5-15/h1-7,10-11,13-14H,8-9,21H2,(H2,22,24,25). The van der Waals surface area contributed by atoms with Gasteiger partial charge < -0.3 is 16.2 Å². The molecule has 3 aromatic heterocycles. The van der Waals surface area contributed by atoms with Crippen molar-refractivity contribution in [2.75, 3.05) is 5.73 Å². The van der Waals surface area contributed by atoms with Gasteiger partial charge in [0.05, 0.1) is 11.4 Å². The summed E-state index contributed by atoms with van der Waals surface area (Å²) in [7, 11) is 0. The Morgan fingerprint density at radius 1 is 1.00 bits per heavy atom. The summed E-state index contributed by atoms with van der Waals surface area (Å²) in [6.45, 7) is 0. The SMILES string of the molecule is Nc1ncnc2c1c(-c1ccc(Oc3ccccc3)nc1)nn2C1CC(N)C1. The van der Waals surface area contributed by atoms with Gasteiger partial charge in [0.15, 0.2) is 5.65 Å². The van der Waals surface area contributed by atoms with Gasteiger partial charge in [-0.25, -0.2) is 19.6 Å². The summed E-state index contributed by atoms with van der Waals surface area (Å²) >= 11 is 0. The Kier molecular flexibility index (Phi) is 3.91. The van der Waals surface area contributed by atoms with Gasteiger partial charge in [-0.3, -0.25) is 0 Å². The Bertz CT molecular complexity index is 1120. The molecule has 8 nitrogen and oxygen atoms in total. The van der Waals surface area contributed by atoms with Crippen molar-refractivity contribution < 1.29 is 4.74 Å². The van der Waals surface area contributed by atoms with Crippen molar-refractivity contribution in [3.63, 3.8) is 0 Å². The van der Waals surface area contributed by atoms with E-state index in [0.717, 1.165) is 35.2 Å². The number of hydrogen-bond donors (Lipinski definition) is 2. The Morgan fingerprint density at radius 3 is 2.54 bits per heavy atom. The molecule has 0 unspecified atom stereocenters. The average molecular weight is 373 g/mol. The second-order valence-electron chi connectivity index (χ2n) is 6.94. The van der Waals surface area contributed by atoms with E-state index in [9.17, 15) is 0 Å². The second kappa shape index (κ2) is 6.58. The molecule has 0 saturated heterocycles. The Morgan fingerprint density at radius 2 is 1.82 bits per heavy atom. The highest BCUT2D eigenvalue weighted by Gasteiger charge is 2.31. The summed E-state index contributed by atoms with van der Waals surface area (Å²) in [4.78, 5) is 13.0. The van der Waals surface area contributed by atoms with Crippen molar-refractivity contribution >= 4 is 16.9 Å². The normalized spacial score (nSPS) is 18.8. The smallest absolute Gasteiger partial charge is 0.219 e. The van der Waals surface area contributed by atoms with Crippen LogP contribution in [0.1, 0.15) is 18.9 Å². The summed E-state index contributed by atoms with van der Waals surface area (Å²) in [5, 5.41) is 5.53. The number of nitrogen functional groups attached to an aromatic ring is 1. The van der Waals surface area contributed by atoms with E-state index in [4.69, 9.17) is 21.3 Å². The minimum Gasteiger partial charge on any atom is -0.439 e. The third kappa shape index (κ3) is 2.84. The van der Waals surface area contributed by atoms with Gasteiger partial charge in [-0.1, -0.05) is 18.2 Å². The number of anilines is 1. The zero-order valence-electron chi connectivity index (χ0n) is 15.1. The summed E-state index contributed by atoms with van der Waals surface area (Å²) in [6.07, 6.45) is 4.95. The van der Waals surface area contributed by atoms with Gasteiger partial charge in [0.25, 0.3) is 0 Å². The molecule has 4 N–H and O–H groups in total. The number of rotatable bonds is 4. The second-order valence-corrected chi connectivity index (χ2v) is 6.94. The Labute approximate surface area is 161 Å². The molecule has 0 spiro atoms. The topological polar surface area (TPSA) is 118 Å². The molecule has 0 radical (unpaired) electrons. The fourth-order valence-electron chi connectivity index (χ4n) is 3.47. The maximum absolute atomic E-state index is 6.15. The number of ether oxygens (including phenoxy) is 1. The van der Waals surface area contributed by atoms with Gasteiger partial charge in [0.1, 0.15) is 23.6 Å². The molecule has 1 aliphatic carbocycles. The molecule has 0 aliphatic heterocycles. The molecule has 140 valence electrons.